The van der Waals surface area contributed by atoms with Crippen LogP contribution in [0.1, 0.15) is 29.3 Å². The quantitative estimate of drug-likeness (QED) is 0.523. The minimum Gasteiger partial charge on any atom is -0.495 e. The standard InChI is InChI=1S/C24H26N2O4S/c1-18(13-14-19-9-5-3-6-10-19)26-31(28,29)21-15-16-23(30-2)22(17-21)25-24(27)20-11-7-4-8-12-20/h3-12,15-18,26H,13-14H2,1-2H3,(H,25,27)/t18-/m1/s1. The third-order valence-corrected chi connectivity index (χ3v) is 6.42. The second-order valence-corrected chi connectivity index (χ2v) is 8.94. The summed E-state index contributed by atoms with van der Waals surface area (Å²) < 4.78 is 33.8. The molecule has 0 radical (unpaired) electrons. The van der Waals surface area contributed by atoms with E-state index in [9.17, 15) is 13.2 Å². The average Bonchev–Trinajstić information content (AvgIpc) is 2.78. The van der Waals surface area contributed by atoms with Crippen molar-refractivity contribution in [3.05, 3.63) is 90.0 Å². The minimum absolute atomic E-state index is 0.0585. The van der Waals surface area contributed by atoms with Crippen LogP contribution in [0.2, 0.25) is 0 Å². The smallest absolute Gasteiger partial charge is 0.255 e. The van der Waals surface area contributed by atoms with Gasteiger partial charge in [0, 0.05) is 11.6 Å². The van der Waals surface area contributed by atoms with Gasteiger partial charge in [0.15, 0.2) is 0 Å². The zero-order valence-corrected chi connectivity index (χ0v) is 18.4. The molecule has 3 aromatic carbocycles. The molecule has 31 heavy (non-hydrogen) atoms. The van der Waals surface area contributed by atoms with Crippen molar-refractivity contribution in [1.82, 2.24) is 4.72 Å². The molecule has 1 amide bonds. The zero-order chi connectivity index (χ0) is 22.3. The van der Waals surface area contributed by atoms with Crippen LogP contribution in [-0.4, -0.2) is 27.5 Å². The molecule has 0 aliphatic rings. The monoisotopic (exact) mass is 438 g/mol. The number of sulfonamides is 1. The Balaban J connectivity index is 1.73. The minimum atomic E-state index is -3.77. The molecule has 0 spiro atoms. The van der Waals surface area contributed by atoms with Gasteiger partial charge in [-0.2, -0.15) is 0 Å². The van der Waals surface area contributed by atoms with Crippen LogP contribution >= 0.6 is 0 Å². The first-order valence-corrected chi connectivity index (χ1v) is 11.5. The van der Waals surface area contributed by atoms with Crippen molar-refractivity contribution in [3.8, 4) is 5.75 Å². The molecule has 1 atom stereocenters. The SMILES string of the molecule is COc1ccc(S(=O)(=O)N[C@H](C)CCc2ccccc2)cc1NC(=O)c1ccccc1. The molecule has 6 nitrogen and oxygen atoms in total. The molecule has 0 aromatic heterocycles. The van der Waals surface area contributed by atoms with Crippen LogP contribution in [0.3, 0.4) is 0 Å². The van der Waals surface area contributed by atoms with Gasteiger partial charge >= 0.3 is 0 Å². The van der Waals surface area contributed by atoms with E-state index in [1.165, 1.54) is 25.3 Å². The highest BCUT2D eigenvalue weighted by Crippen LogP contribution is 2.28. The van der Waals surface area contributed by atoms with Crippen molar-refractivity contribution < 1.29 is 17.9 Å². The molecule has 2 N–H and O–H groups in total. The third-order valence-electron chi connectivity index (χ3n) is 4.83. The highest BCUT2D eigenvalue weighted by Gasteiger charge is 2.20. The summed E-state index contributed by atoms with van der Waals surface area (Å²) in [6.07, 6.45) is 1.43. The maximum absolute atomic E-state index is 12.9. The molecule has 3 rings (SSSR count). The third kappa shape index (κ3) is 6.16. The number of amides is 1. The molecule has 0 aliphatic carbocycles. The number of carbonyl (C=O) groups is 1. The van der Waals surface area contributed by atoms with Gasteiger partial charge in [-0.15, -0.1) is 0 Å². The number of carbonyl (C=O) groups excluding carboxylic acids is 1. The molecular formula is C24H26N2O4S. The van der Waals surface area contributed by atoms with Crippen molar-refractivity contribution >= 4 is 21.6 Å². The number of rotatable bonds is 9. The zero-order valence-electron chi connectivity index (χ0n) is 17.5. The number of anilines is 1. The van der Waals surface area contributed by atoms with Crippen molar-refractivity contribution in [2.45, 2.75) is 30.7 Å². The summed E-state index contributed by atoms with van der Waals surface area (Å²) in [5.74, 6) is 0.0259. The van der Waals surface area contributed by atoms with E-state index in [-0.39, 0.29) is 22.5 Å². The largest absolute Gasteiger partial charge is 0.495 e. The Hall–Kier alpha value is -3.16. The number of nitrogens with one attached hydrogen (secondary N) is 2. The summed E-state index contributed by atoms with van der Waals surface area (Å²) >= 11 is 0. The van der Waals surface area contributed by atoms with Crippen LogP contribution in [0.15, 0.2) is 83.8 Å². The van der Waals surface area contributed by atoms with Crippen LogP contribution < -0.4 is 14.8 Å². The molecular weight excluding hydrogens is 412 g/mol. The molecule has 0 saturated carbocycles. The van der Waals surface area contributed by atoms with E-state index in [1.54, 1.807) is 24.3 Å². The highest BCUT2D eigenvalue weighted by molar-refractivity contribution is 7.89. The lowest BCUT2D eigenvalue weighted by molar-refractivity contribution is 0.102. The lowest BCUT2D eigenvalue weighted by Crippen LogP contribution is -2.33. The summed E-state index contributed by atoms with van der Waals surface area (Å²) in [4.78, 5) is 12.6. The highest BCUT2D eigenvalue weighted by atomic mass is 32.2. The van der Waals surface area contributed by atoms with E-state index in [4.69, 9.17) is 4.74 Å². The summed E-state index contributed by atoms with van der Waals surface area (Å²) in [5, 5.41) is 2.73. The number of benzene rings is 3. The Morgan fingerprint density at radius 3 is 2.26 bits per heavy atom. The average molecular weight is 439 g/mol. The van der Waals surface area contributed by atoms with Crippen molar-refractivity contribution in [2.75, 3.05) is 12.4 Å². The first kappa shape index (κ1) is 22.5. The fourth-order valence-corrected chi connectivity index (χ4v) is 4.46. The predicted molar refractivity (Wildman–Crippen MR) is 122 cm³/mol. The molecule has 7 heteroatoms. The number of hydrogen-bond acceptors (Lipinski definition) is 4. The van der Waals surface area contributed by atoms with E-state index >= 15 is 0 Å². The Bertz CT molecular complexity index is 1120. The molecule has 0 saturated heterocycles. The van der Waals surface area contributed by atoms with Crippen molar-refractivity contribution in [3.63, 3.8) is 0 Å². The van der Waals surface area contributed by atoms with Crippen LogP contribution in [0.5, 0.6) is 5.75 Å². The second-order valence-electron chi connectivity index (χ2n) is 7.23. The van der Waals surface area contributed by atoms with Crippen LogP contribution in [0.25, 0.3) is 0 Å². The van der Waals surface area contributed by atoms with Crippen LogP contribution in [0, 0.1) is 0 Å². The normalized spacial score (nSPS) is 12.2. The van der Waals surface area contributed by atoms with E-state index in [2.05, 4.69) is 10.0 Å². The number of methoxy groups -OCH3 is 1. The topological polar surface area (TPSA) is 84.5 Å². The van der Waals surface area contributed by atoms with E-state index < -0.39 is 10.0 Å². The van der Waals surface area contributed by atoms with Gasteiger partial charge < -0.3 is 10.1 Å². The first-order chi connectivity index (χ1) is 14.9. The van der Waals surface area contributed by atoms with Gasteiger partial charge in [-0.25, -0.2) is 13.1 Å². The molecule has 0 heterocycles. The number of aryl methyl sites for hydroxylation is 1. The van der Waals surface area contributed by atoms with Crippen LogP contribution in [-0.2, 0) is 16.4 Å². The van der Waals surface area contributed by atoms with Gasteiger partial charge in [-0.1, -0.05) is 48.5 Å². The van der Waals surface area contributed by atoms with Gasteiger partial charge in [0.05, 0.1) is 17.7 Å². The number of ether oxygens (including phenoxy) is 1. The fraction of sp³-hybridized carbons (Fsp3) is 0.208. The van der Waals surface area contributed by atoms with E-state index in [0.29, 0.717) is 17.7 Å². The maximum Gasteiger partial charge on any atom is 0.255 e. The first-order valence-electron chi connectivity index (χ1n) is 10.00. The number of hydrogen-bond donors (Lipinski definition) is 2. The molecule has 162 valence electrons. The Morgan fingerprint density at radius 1 is 0.968 bits per heavy atom. The summed E-state index contributed by atoms with van der Waals surface area (Å²) in [5.41, 5.74) is 1.91. The summed E-state index contributed by atoms with van der Waals surface area (Å²) in [7, 11) is -2.30. The molecule has 3 aromatic rings. The Labute approximate surface area is 183 Å². The van der Waals surface area contributed by atoms with Gasteiger partial charge in [-0.3, -0.25) is 4.79 Å². The van der Waals surface area contributed by atoms with Gasteiger partial charge in [0.25, 0.3) is 5.91 Å². The van der Waals surface area contributed by atoms with Crippen molar-refractivity contribution in [1.29, 1.82) is 0 Å². The van der Waals surface area contributed by atoms with E-state index in [0.717, 1.165) is 12.0 Å². The lowest BCUT2D eigenvalue weighted by atomic mass is 10.1. The van der Waals surface area contributed by atoms with Gasteiger partial charge in [0.2, 0.25) is 10.0 Å². The molecule has 0 unspecified atom stereocenters. The van der Waals surface area contributed by atoms with E-state index in [1.807, 2.05) is 43.3 Å². The summed E-state index contributed by atoms with van der Waals surface area (Å²) in [6.45, 7) is 1.84. The van der Waals surface area contributed by atoms with Crippen molar-refractivity contribution in [2.24, 2.45) is 0 Å². The summed E-state index contributed by atoms with van der Waals surface area (Å²) in [6, 6.07) is 22.8. The lowest BCUT2D eigenvalue weighted by Gasteiger charge is -2.16. The molecule has 0 aliphatic heterocycles. The van der Waals surface area contributed by atoms with Crippen LogP contribution in [0.4, 0.5) is 5.69 Å². The molecule has 0 bridgehead atoms. The molecule has 0 fully saturated rings. The second kappa shape index (κ2) is 10.2. The Kier molecular flexibility index (Phi) is 7.44. The maximum atomic E-state index is 12.9. The fourth-order valence-electron chi connectivity index (χ4n) is 3.16. The Morgan fingerprint density at radius 2 is 1.61 bits per heavy atom. The van der Waals surface area contributed by atoms with Gasteiger partial charge in [-0.05, 0) is 55.7 Å². The predicted octanol–water partition coefficient (Wildman–Crippen LogP) is 4.25. The van der Waals surface area contributed by atoms with Gasteiger partial charge in [0.1, 0.15) is 5.75 Å².